The van der Waals surface area contributed by atoms with Gasteiger partial charge in [-0.15, -0.1) is 0 Å². The van der Waals surface area contributed by atoms with Gasteiger partial charge in [0.15, 0.2) is 0 Å². The number of hydrogen-bond donors (Lipinski definition) is 1. The molecule has 0 saturated heterocycles. The van der Waals surface area contributed by atoms with Crippen LogP contribution < -0.4 is 10.5 Å². The maximum Gasteiger partial charge on any atom is 0.123 e. The number of ether oxygens (including phenoxy) is 1. The van der Waals surface area contributed by atoms with Crippen LogP contribution in [0.15, 0.2) is 48.5 Å². The molecule has 2 aromatic carbocycles. The lowest BCUT2D eigenvalue weighted by molar-refractivity contribution is 0.408. The number of methoxy groups -OCH3 is 1. The van der Waals surface area contributed by atoms with Crippen molar-refractivity contribution in [1.29, 1.82) is 0 Å². The summed E-state index contributed by atoms with van der Waals surface area (Å²) < 4.78 is 18.4. The second-order valence-electron chi connectivity index (χ2n) is 4.18. The minimum atomic E-state index is -0.261. The molecule has 0 aliphatic heterocycles. The van der Waals surface area contributed by atoms with E-state index in [1.807, 2.05) is 30.3 Å². The molecule has 0 spiro atoms. The molecule has 0 aliphatic rings. The van der Waals surface area contributed by atoms with Crippen LogP contribution in [0.5, 0.6) is 5.75 Å². The Hall–Kier alpha value is -1.87. The third-order valence-electron chi connectivity index (χ3n) is 2.91. The van der Waals surface area contributed by atoms with Gasteiger partial charge >= 0.3 is 0 Å². The monoisotopic (exact) mass is 245 g/mol. The van der Waals surface area contributed by atoms with E-state index >= 15 is 0 Å². The van der Waals surface area contributed by atoms with Crippen LogP contribution in [-0.4, -0.2) is 7.11 Å². The fourth-order valence-electron chi connectivity index (χ4n) is 1.96. The Morgan fingerprint density at radius 2 is 1.94 bits per heavy atom. The molecule has 0 saturated carbocycles. The van der Waals surface area contributed by atoms with Crippen LogP contribution in [0, 0.1) is 5.82 Å². The Kier molecular flexibility index (Phi) is 3.95. The molecule has 0 fully saturated rings. The highest BCUT2D eigenvalue weighted by molar-refractivity contribution is 5.35. The van der Waals surface area contributed by atoms with E-state index in [0.29, 0.717) is 6.42 Å². The van der Waals surface area contributed by atoms with Gasteiger partial charge in [-0.3, -0.25) is 0 Å². The van der Waals surface area contributed by atoms with E-state index < -0.39 is 0 Å². The first-order chi connectivity index (χ1) is 8.70. The standard InChI is InChI=1S/C15H16FNO/c1-18-15-8-3-2-5-12(15)10-14(17)11-6-4-7-13(16)9-11/h2-9,14H,10,17H2,1H3. The van der Waals surface area contributed by atoms with Crippen molar-refractivity contribution in [2.24, 2.45) is 5.73 Å². The van der Waals surface area contributed by atoms with E-state index in [1.165, 1.54) is 12.1 Å². The van der Waals surface area contributed by atoms with Crippen LogP contribution in [0.1, 0.15) is 17.2 Å². The number of para-hydroxylation sites is 1. The molecule has 2 nitrogen and oxygen atoms in total. The minimum absolute atomic E-state index is 0.239. The van der Waals surface area contributed by atoms with Gasteiger partial charge < -0.3 is 10.5 Å². The average molecular weight is 245 g/mol. The second-order valence-corrected chi connectivity index (χ2v) is 4.18. The van der Waals surface area contributed by atoms with Crippen molar-refractivity contribution >= 4 is 0 Å². The highest BCUT2D eigenvalue weighted by Crippen LogP contribution is 2.23. The van der Waals surface area contributed by atoms with Gasteiger partial charge in [0.2, 0.25) is 0 Å². The summed E-state index contributed by atoms with van der Waals surface area (Å²) in [5, 5.41) is 0. The molecular formula is C15H16FNO. The highest BCUT2D eigenvalue weighted by atomic mass is 19.1. The van der Waals surface area contributed by atoms with Crippen molar-refractivity contribution in [1.82, 2.24) is 0 Å². The average Bonchev–Trinajstić information content (AvgIpc) is 2.39. The molecule has 18 heavy (non-hydrogen) atoms. The molecule has 0 aliphatic carbocycles. The summed E-state index contributed by atoms with van der Waals surface area (Å²) in [7, 11) is 1.63. The first-order valence-electron chi connectivity index (χ1n) is 5.83. The first-order valence-corrected chi connectivity index (χ1v) is 5.83. The molecule has 2 aromatic rings. The molecule has 0 heterocycles. The summed E-state index contributed by atoms with van der Waals surface area (Å²) >= 11 is 0. The molecule has 2 rings (SSSR count). The molecule has 0 radical (unpaired) electrons. The van der Waals surface area contributed by atoms with E-state index in [-0.39, 0.29) is 11.9 Å². The van der Waals surface area contributed by atoms with Gasteiger partial charge in [0.05, 0.1) is 7.11 Å². The summed E-state index contributed by atoms with van der Waals surface area (Å²) in [6.45, 7) is 0. The number of nitrogens with two attached hydrogens (primary N) is 1. The van der Waals surface area contributed by atoms with E-state index in [0.717, 1.165) is 16.9 Å². The molecule has 1 unspecified atom stereocenters. The highest BCUT2D eigenvalue weighted by Gasteiger charge is 2.10. The summed E-state index contributed by atoms with van der Waals surface area (Å²) in [6.07, 6.45) is 0.619. The van der Waals surface area contributed by atoms with Crippen molar-refractivity contribution < 1.29 is 9.13 Å². The lowest BCUT2D eigenvalue weighted by Crippen LogP contribution is -2.14. The molecule has 0 aromatic heterocycles. The van der Waals surface area contributed by atoms with Gasteiger partial charge in [0.1, 0.15) is 11.6 Å². The third-order valence-corrected chi connectivity index (χ3v) is 2.91. The first kappa shape index (κ1) is 12.6. The fourth-order valence-corrected chi connectivity index (χ4v) is 1.96. The summed E-state index contributed by atoms with van der Waals surface area (Å²) in [6, 6.07) is 13.9. The normalized spacial score (nSPS) is 12.2. The predicted molar refractivity (Wildman–Crippen MR) is 70.0 cm³/mol. The molecule has 2 N–H and O–H groups in total. The smallest absolute Gasteiger partial charge is 0.123 e. The van der Waals surface area contributed by atoms with Gasteiger partial charge in [-0.25, -0.2) is 4.39 Å². The van der Waals surface area contributed by atoms with Crippen LogP contribution in [0.2, 0.25) is 0 Å². The van der Waals surface area contributed by atoms with Crippen molar-refractivity contribution in [2.75, 3.05) is 7.11 Å². The fraction of sp³-hybridized carbons (Fsp3) is 0.200. The van der Waals surface area contributed by atoms with Crippen molar-refractivity contribution in [3.05, 3.63) is 65.5 Å². The Morgan fingerprint density at radius 3 is 2.67 bits per heavy atom. The Morgan fingerprint density at radius 1 is 1.17 bits per heavy atom. The number of halogens is 1. The van der Waals surface area contributed by atoms with Gasteiger partial charge in [0.25, 0.3) is 0 Å². The zero-order chi connectivity index (χ0) is 13.0. The molecule has 1 atom stereocenters. The Balaban J connectivity index is 2.18. The molecule has 3 heteroatoms. The van der Waals surface area contributed by atoms with Crippen molar-refractivity contribution in [2.45, 2.75) is 12.5 Å². The van der Waals surface area contributed by atoms with Crippen molar-refractivity contribution in [3.63, 3.8) is 0 Å². The lowest BCUT2D eigenvalue weighted by atomic mass is 9.99. The third kappa shape index (κ3) is 2.87. The van der Waals surface area contributed by atoms with Gasteiger partial charge in [-0.05, 0) is 35.7 Å². The van der Waals surface area contributed by atoms with Crippen LogP contribution in [-0.2, 0) is 6.42 Å². The maximum absolute atomic E-state index is 13.1. The largest absolute Gasteiger partial charge is 0.496 e. The molecule has 0 bridgehead atoms. The molecular weight excluding hydrogens is 229 g/mol. The topological polar surface area (TPSA) is 35.2 Å². The van der Waals surface area contributed by atoms with Gasteiger partial charge in [-0.2, -0.15) is 0 Å². The zero-order valence-electron chi connectivity index (χ0n) is 10.3. The van der Waals surface area contributed by atoms with E-state index in [2.05, 4.69) is 0 Å². The van der Waals surface area contributed by atoms with Crippen LogP contribution in [0.4, 0.5) is 4.39 Å². The number of rotatable bonds is 4. The SMILES string of the molecule is COc1ccccc1CC(N)c1cccc(F)c1. The van der Waals surface area contributed by atoms with Crippen LogP contribution >= 0.6 is 0 Å². The Bertz CT molecular complexity index is 527. The quantitative estimate of drug-likeness (QED) is 0.898. The van der Waals surface area contributed by atoms with Gasteiger partial charge in [0, 0.05) is 6.04 Å². The van der Waals surface area contributed by atoms with Gasteiger partial charge in [-0.1, -0.05) is 30.3 Å². The van der Waals surface area contributed by atoms with E-state index in [4.69, 9.17) is 10.5 Å². The van der Waals surface area contributed by atoms with Crippen LogP contribution in [0.25, 0.3) is 0 Å². The van der Waals surface area contributed by atoms with E-state index in [1.54, 1.807) is 13.2 Å². The number of benzene rings is 2. The predicted octanol–water partition coefficient (Wildman–Crippen LogP) is 3.08. The molecule has 94 valence electrons. The lowest BCUT2D eigenvalue weighted by Gasteiger charge is -2.14. The summed E-state index contributed by atoms with van der Waals surface area (Å²) in [4.78, 5) is 0. The van der Waals surface area contributed by atoms with Crippen LogP contribution in [0.3, 0.4) is 0 Å². The minimum Gasteiger partial charge on any atom is -0.496 e. The zero-order valence-corrected chi connectivity index (χ0v) is 10.3. The van der Waals surface area contributed by atoms with E-state index in [9.17, 15) is 4.39 Å². The number of hydrogen-bond acceptors (Lipinski definition) is 2. The molecule has 0 amide bonds. The van der Waals surface area contributed by atoms with Crippen molar-refractivity contribution in [3.8, 4) is 5.75 Å². The summed E-state index contributed by atoms with van der Waals surface area (Å²) in [5.41, 5.74) is 7.91. The maximum atomic E-state index is 13.1. The summed E-state index contributed by atoms with van der Waals surface area (Å²) in [5.74, 6) is 0.548. The Labute approximate surface area is 106 Å². The second kappa shape index (κ2) is 5.65.